The molecule has 0 saturated heterocycles. The van der Waals surface area contributed by atoms with E-state index in [0.29, 0.717) is 13.0 Å². The Bertz CT molecular complexity index is 749. The highest BCUT2D eigenvalue weighted by atomic mass is 32.2. The summed E-state index contributed by atoms with van der Waals surface area (Å²) in [6, 6.07) is 17.8. The van der Waals surface area contributed by atoms with Crippen LogP contribution in [-0.4, -0.2) is 35.6 Å². The van der Waals surface area contributed by atoms with E-state index in [1.807, 2.05) is 43.3 Å². The summed E-state index contributed by atoms with van der Waals surface area (Å²) in [7, 11) is 1.60. The van der Waals surface area contributed by atoms with Gasteiger partial charge in [0.1, 0.15) is 6.04 Å². The number of carbonyl (C=O) groups is 2. The van der Waals surface area contributed by atoms with Crippen molar-refractivity contribution in [2.24, 2.45) is 0 Å². The van der Waals surface area contributed by atoms with Crippen molar-refractivity contribution in [2.75, 3.05) is 12.8 Å². The number of amides is 2. The molecule has 0 heterocycles. The molecule has 0 saturated carbocycles. The Hall–Kier alpha value is -2.27. The van der Waals surface area contributed by atoms with Gasteiger partial charge in [0.05, 0.1) is 0 Å². The smallest absolute Gasteiger partial charge is 0.242 e. The van der Waals surface area contributed by atoms with Crippen LogP contribution in [0.2, 0.25) is 0 Å². The van der Waals surface area contributed by atoms with E-state index in [4.69, 9.17) is 0 Å². The third-order valence-electron chi connectivity index (χ3n) is 4.42. The van der Waals surface area contributed by atoms with E-state index in [2.05, 4.69) is 23.5 Å². The van der Waals surface area contributed by atoms with E-state index in [9.17, 15) is 9.59 Å². The Morgan fingerprint density at radius 3 is 2.44 bits per heavy atom. The van der Waals surface area contributed by atoms with Gasteiger partial charge >= 0.3 is 0 Å². The molecule has 27 heavy (non-hydrogen) atoms. The molecular formula is C22H28N2O2S. The zero-order valence-corrected chi connectivity index (χ0v) is 17.1. The van der Waals surface area contributed by atoms with Gasteiger partial charge in [0.25, 0.3) is 0 Å². The molecule has 2 amide bonds. The van der Waals surface area contributed by atoms with Gasteiger partial charge in [-0.05, 0) is 25.0 Å². The minimum absolute atomic E-state index is 0.00756. The second-order valence-corrected chi connectivity index (χ2v) is 7.69. The SMILES string of the molecule is CNC(=O)[C@@H](C)N(Cc1cccc(C)c1)C(=O)CCSCc1ccccc1. The summed E-state index contributed by atoms with van der Waals surface area (Å²) in [6.07, 6.45) is 0.421. The molecule has 2 aromatic carbocycles. The van der Waals surface area contributed by atoms with Crippen LogP contribution in [0.15, 0.2) is 54.6 Å². The summed E-state index contributed by atoms with van der Waals surface area (Å²) in [6.45, 7) is 4.25. The van der Waals surface area contributed by atoms with Crippen LogP contribution in [-0.2, 0) is 21.9 Å². The van der Waals surface area contributed by atoms with Crippen molar-refractivity contribution in [3.8, 4) is 0 Å². The van der Waals surface area contributed by atoms with E-state index in [0.717, 1.165) is 22.6 Å². The molecule has 2 rings (SSSR count). The Labute approximate surface area is 166 Å². The third-order valence-corrected chi connectivity index (χ3v) is 5.45. The Morgan fingerprint density at radius 1 is 1.07 bits per heavy atom. The van der Waals surface area contributed by atoms with Crippen LogP contribution in [0.4, 0.5) is 0 Å². The number of aryl methyl sites for hydroxylation is 1. The van der Waals surface area contributed by atoms with Gasteiger partial charge in [-0.1, -0.05) is 60.2 Å². The van der Waals surface area contributed by atoms with E-state index in [1.54, 1.807) is 30.6 Å². The molecule has 0 aliphatic carbocycles. The van der Waals surface area contributed by atoms with E-state index >= 15 is 0 Å². The van der Waals surface area contributed by atoms with Gasteiger partial charge in [0, 0.05) is 31.5 Å². The number of hydrogen-bond donors (Lipinski definition) is 1. The summed E-state index contributed by atoms with van der Waals surface area (Å²) in [5.74, 6) is 1.48. The third kappa shape index (κ3) is 6.75. The van der Waals surface area contributed by atoms with Crippen molar-refractivity contribution in [1.82, 2.24) is 10.2 Å². The van der Waals surface area contributed by atoms with E-state index in [-0.39, 0.29) is 11.8 Å². The minimum atomic E-state index is -0.498. The fourth-order valence-electron chi connectivity index (χ4n) is 2.87. The Balaban J connectivity index is 1.96. The molecule has 5 heteroatoms. The number of nitrogens with zero attached hydrogens (tertiary/aromatic N) is 1. The number of likely N-dealkylation sites (N-methyl/N-ethyl adjacent to an activating group) is 1. The highest BCUT2D eigenvalue weighted by Crippen LogP contribution is 2.16. The van der Waals surface area contributed by atoms with Gasteiger partial charge in [-0.2, -0.15) is 11.8 Å². The lowest BCUT2D eigenvalue weighted by Gasteiger charge is -2.28. The normalized spacial score (nSPS) is 11.7. The van der Waals surface area contributed by atoms with Gasteiger partial charge in [0.2, 0.25) is 11.8 Å². The highest BCUT2D eigenvalue weighted by Gasteiger charge is 2.25. The molecule has 0 fully saturated rings. The quantitative estimate of drug-likeness (QED) is 0.670. The first-order chi connectivity index (χ1) is 13.0. The summed E-state index contributed by atoms with van der Waals surface area (Å²) in [5, 5.41) is 2.65. The number of thioether (sulfide) groups is 1. The second kappa shape index (κ2) is 10.8. The first-order valence-electron chi connectivity index (χ1n) is 9.19. The van der Waals surface area contributed by atoms with Crippen molar-refractivity contribution in [3.05, 3.63) is 71.3 Å². The largest absolute Gasteiger partial charge is 0.357 e. The molecule has 2 aromatic rings. The molecular weight excluding hydrogens is 356 g/mol. The van der Waals surface area contributed by atoms with Gasteiger partial charge < -0.3 is 10.2 Å². The molecule has 0 radical (unpaired) electrons. The first kappa shape index (κ1) is 21.0. The summed E-state index contributed by atoms with van der Waals surface area (Å²) in [5.41, 5.74) is 3.44. The maximum absolute atomic E-state index is 12.8. The van der Waals surface area contributed by atoms with Crippen LogP contribution in [0, 0.1) is 6.92 Å². The summed E-state index contributed by atoms with van der Waals surface area (Å²) >= 11 is 1.74. The van der Waals surface area contributed by atoms with Crippen LogP contribution < -0.4 is 5.32 Å². The zero-order valence-electron chi connectivity index (χ0n) is 16.3. The van der Waals surface area contributed by atoms with Crippen LogP contribution in [0.3, 0.4) is 0 Å². The lowest BCUT2D eigenvalue weighted by atomic mass is 10.1. The Kier molecular flexibility index (Phi) is 8.40. The maximum atomic E-state index is 12.8. The molecule has 4 nitrogen and oxygen atoms in total. The molecule has 0 bridgehead atoms. The minimum Gasteiger partial charge on any atom is -0.357 e. The molecule has 0 aromatic heterocycles. The number of hydrogen-bond acceptors (Lipinski definition) is 3. The average Bonchev–Trinajstić information content (AvgIpc) is 2.69. The lowest BCUT2D eigenvalue weighted by Crippen LogP contribution is -2.46. The van der Waals surface area contributed by atoms with Crippen LogP contribution in [0.5, 0.6) is 0 Å². The molecule has 0 unspecified atom stereocenters. The predicted octanol–water partition coefficient (Wildman–Crippen LogP) is 3.78. The van der Waals surface area contributed by atoms with Gasteiger partial charge in [-0.15, -0.1) is 0 Å². The van der Waals surface area contributed by atoms with Crippen LogP contribution >= 0.6 is 11.8 Å². The molecule has 0 spiro atoms. The number of nitrogens with one attached hydrogen (secondary N) is 1. The zero-order chi connectivity index (χ0) is 19.6. The van der Waals surface area contributed by atoms with Crippen LogP contribution in [0.1, 0.15) is 30.0 Å². The van der Waals surface area contributed by atoms with Gasteiger partial charge in [-0.25, -0.2) is 0 Å². The number of carbonyl (C=O) groups excluding carboxylic acids is 2. The molecule has 1 N–H and O–H groups in total. The fourth-order valence-corrected chi connectivity index (χ4v) is 3.76. The van der Waals surface area contributed by atoms with Crippen molar-refractivity contribution < 1.29 is 9.59 Å². The molecule has 0 aliphatic heterocycles. The van der Waals surface area contributed by atoms with Gasteiger partial charge in [0.15, 0.2) is 0 Å². The average molecular weight is 385 g/mol. The van der Waals surface area contributed by atoms with Crippen molar-refractivity contribution in [2.45, 2.75) is 38.6 Å². The van der Waals surface area contributed by atoms with Crippen molar-refractivity contribution >= 4 is 23.6 Å². The predicted molar refractivity (Wildman–Crippen MR) is 112 cm³/mol. The van der Waals surface area contributed by atoms with E-state index in [1.165, 1.54) is 5.56 Å². The van der Waals surface area contributed by atoms with Crippen LogP contribution in [0.25, 0.3) is 0 Å². The number of rotatable bonds is 9. The molecule has 1 atom stereocenters. The topological polar surface area (TPSA) is 49.4 Å². The van der Waals surface area contributed by atoms with Gasteiger partial charge in [-0.3, -0.25) is 9.59 Å². The summed E-state index contributed by atoms with van der Waals surface area (Å²) < 4.78 is 0. The monoisotopic (exact) mass is 384 g/mol. The molecule has 0 aliphatic rings. The fraction of sp³-hybridized carbons (Fsp3) is 0.364. The second-order valence-electron chi connectivity index (χ2n) is 6.59. The highest BCUT2D eigenvalue weighted by molar-refractivity contribution is 7.98. The van der Waals surface area contributed by atoms with E-state index < -0.39 is 6.04 Å². The first-order valence-corrected chi connectivity index (χ1v) is 10.3. The van der Waals surface area contributed by atoms with Crippen molar-refractivity contribution in [1.29, 1.82) is 0 Å². The summed E-state index contributed by atoms with van der Waals surface area (Å²) in [4.78, 5) is 26.6. The Morgan fingerprint density at radius 2 is 1.78 bits per heavy atom. The van der Waals surface area contributed by atoms with Crippen molar-refractivity contribution in [3.63, 3.8) is 0 Å². The number of benzene rings is 2. The molecule has 144 valence electrons. The standard InChI is InChI=1S/C22H28N2O2S/c1-17-8-7-11-20(14-17)15-24(18(2)22(26)23-3)21(25)12-13-27-16-19-9-5-4-6-10-19/h4-11,14,18H,12-13,15-16H2,1-3H3,(H,23,26)/t18-/m1/s1. The maximum Gasteiger partial charge on any atom is 0.242 e. The lowest BCUT2D eigenvalue weighted by molar-refractivity contribution is -0.140.